The molecule has 3 heteroatoms. The fourth-order valence-electron chi connectivity index (χ4n) is 1.64. The first-order valence-corrected chi connectivity index (χ1v) is 6.07. The van der Waals surface area contributed by atoms with Gasteiger partial charge < -0.3 is 4.90 Å². The summed E-state index contributed by atoms with van der Waals surface area (Å²) in [6.45, 7) is 9.75. The summed E-state index contributed by atoms with van der Waals surface area (Å²) in [5, 5.41) is 0.373. The molecular formula is C9H19NOS. The fraction of sp³-hybridized carbons (Fsp3) is 1.00. The number of hydrogen-bond acceptors (Lipinski definition) is 2. The van der Waals surface area contributed by atoms with Crippen LogP contribution in [0, 0.1) is 5.92 Å². The molecule has 0 spiro atoms. The van der Waals surface area contributed by atoms with Crippen LogP contribution in [0.15, 0.2) is 0 Å². The van der Waals surface area contributed by atoms with Gasteiger partial charge in [0.15, 0.2) is 0 Å². The van der Waals surface area contributed by atoms with Crippen LogP contribution in [0.25, 0.3) is 0 Å². The maximum atomic E-state index is 11.3. The van der Waals surface area contributed by atoms with Crippen LogP contribution in [0.3, 0.4) is 0 Å². The molecule has 1 fully saturated rings. The molecule has 0 N–H and O–H groups in total. The minimum absolute atomic E-state index is 0.373. The van der Waals surface area contributed by atoms with E-state index in [1.54, 1.807) is 0 Å². The van der Waals surface area contributed by atoms with Crippen molar-refractivity contribution in [1.29, 1.82) is 0 Å². The van der Waals surface area contributed by atoms with Crippen LogP contribution in [0.5, 0.6) is 0 Å². The summed E-state index contributed by atoms with van der Waals surface area (Å²) in [5.41, 5.74) is 0. The highest BCUT2D eigenvalue weighted by atomic mass is 32.2. The van der Waals surface area contributed by atoms with Gasteiger partial charge in [0, 0.05) is 41.4 Å². The summed E-state index contributed by atoms with van der Waals surface area (Å²) in [6.07, 6.45) is 0. The van der Waals surface area contributed by atoms with Crippen molar-refractivity contribution in [3.05, 3.63) is 0 Å². The van der Waals surface area contributed by atoms with E-state index in [9.17, 15) is 4.21 Å². The second-order valence-electron chi connectivity index (χ2n) is 4.05. The third-order valence-corrected chi connectivity index (χ3v) is 3.83. The topological polar surface area (TPSA) is 20.3 Å². The van der Waals surface area contributed by atoms with E-state index in [1.807, 2.05) is 0 Å². The molecule has 2 atom stereocenters. The first-order valence-electron chi connectivity index (χ1n) is 4.69. The van der Waals surface area contributed by atoms with Gasteiger partial charge in [-0.25, -0.2) is 0 Å². The predicted octanol–water partition coefficient (Wildman–Crippen LogP) is 1.10. The van der Waals surface area contributed by atoms with Crippen molar-refractivity contribution in [2.24, 2.45) is 5.92 Å². The normalized spacial score (nSPS) is 32.7. The largest absolute Gasteiger partial charge is 0.301 e. The van der Waals surface area contributed by atoms with Crippen LogP contribution in [0.1, 0.15) is 20.8 Å². The highest BCUT2D eigenvalue weighted by Gasteiger charge is 2.22. The van der Waals surface area contributed by atoms with Gasteiger partial charge in [-0.05, 0) is 12.8 Å². The van der Waals surface area contributed by atoms with Crippen LogP contribution in [0.4, 0.5) is 0 Å². The molecule has 0 aromatic rings. The standard InChI is InChI=1S/C9H19NOS/c1-8(2)6-10-4-5-12(11)9(3)7-10/h8-9H,4-7H2,1-3H3. The Kier molecular flexibility index (Phi) is 3.72. The van der Waals surface area contributed by atoms with Gasteiger partial charge in [-0.15, -0.1) is 0 Å². The third-order valence-electron chi connectivity index (χ3n) is 2.20. The molecule has 0 aromatic heterocycles. The summed E-state index contributed by atoms with van der Waals surface area (Å²) < 4.78 is 11.3. The SMILES string of the molecule is CC(C)CN1CCS(=O)C(C)C1. The summed E-state index contributed by atoms with van der Waals surface area (Å²) >= 11 is 0. The van der Waals surface area contributed by atoms with Gasteiger partial charge in [-0.1, -0.05) is 13.8 Å². The molecule has 0 amide bonds. The van der Waals surface area contributed by atoms with Gasteiger partial charge in [-0.2, -0.15) is 0 Å². The first-order chi connectivity index (χ1) is 5.59. The van der Waals surface area contributed by atoms with Gasteiger partial charge in [-0.3, -0.25) is 4.21 Å². The van der Waals surface area contributed by atoms with E-state index in [0.717, 1.165) is 31.3 Å². The lowest BCUT2D eigenvalue weighted by molar-refractivity contribution is 0.252. The summed E-state index contributed by atoms with van der Waals surface area (Å²) in [4.78, 5) is 2.43. The molecule has 2 nitrogen and oxygen atoms in total. The Bertz CT molecular complexity index is 170. The molecular weight excluding hydrogens is 170 g/mol. The molecule has 2 unspecified atom stereocenters. The van der Waals surface area contributed by atoms with Gasteiger partial charge in [0.05, 0.1) is 0 Å². The van der Waals surface area contributed by atoms with E-state index in [1.165, 1.54) is 0 Å². The summed E-state index contributed by atoms with van der Waals surface area (Å²) in [5.74, 6) is 1.59. The van der Waals surface area contributed by atoms with Crippen LogP contribution < -0.4 is 0 Å². The van der Waals surface area contributed by atoms with Gasteiger partial charge in [0.1, 0.15) is 0 Å². The minimum Gasteiger partial charge on any atom is -0.301 e. The van der Waals surface area contributed by atoms with E-state index in [-0.39, 0.29) is 0 Å². The molecule has 72 valence electrons. The van der Waals surface area contributed by atoms with Crippen molar-refractivity contribution < 1.29 is 4.21 Å². The van der Waals surface area contributed by atoms with Gasteiger partial charge >= 0.3 is 0 Å². The lowest BCUT2D eigenvalue weighted by Gasteiger charge is -2.31. The summed E-state index contributed by atoms with van der Waals surface area (Å²) in [6, 6.07) is 0. The molecule has 0 radical (unpaired) electrons. The van der Waals surface area contributed by atoms with Crippen LogP contribution in [-0.4, -0.2) is 39.7 Å². The molecule has 0 aromatic carbocycles. The van der Waals surface area contributed by atoms with E-state index >= 15 is 0 Å². The fourth-order valence-corrected chi connectivity index (χ4v) is 2.86. The van der Waals surface area contributed by atoms with E-state index in [0.29, 0.717) is 5.25 Å². The monoisotopic (exact) mass is 189 g/mol. The Balaban J connectivity index is 2.35. The van der Waals surface area contributed by atoms with Crippen molar-refractivity contribution in [3.8, 4) is 0 Å². The molecule has 0 aliphatic carbocycles. The van der Waals surface area contributed by atoms with Crippen molar-refractivity contribution in [3.63, 3.8) is 0 Å². The Hall–Kier alpha value is 0.110. The van der Waals surface area contributed by atoms with Crippen LogP contribution in [0.2, 0.25) is 0 Å². The van der Waals surface area contributed by atoms with Crippen molar-refractivity contribution in [2.45, 2.75) is 26.0 Å². The number of rotatable bonds is 2. The Morgan fingerprint density at radius 1 is 1.58 bits per heavy atom. The van der Waals surface area contributed by atoms with E-state index in [4.69, 9.17) is 0 Å². The first kappa shape index (κ1) is 10.2. The van der Waals surface area contributed by atoms with Gasteiger partial charge in [0.2, 0.25) is 0 Å². The molecule has 1 saturated heterocycles. The highest BCUT2D eigenvalue weighted by molar-refractivity contribution is 7.85. The van der Waals surface area contributed by atoms with E-state index in [2.05, 4.69) is 25.7 Å². The molecule has 1 heterocycles. The molecule has 12 heavy (non-hydrogen) atoms. The van der Waals surface area contributed by atoms with E-state index < -0.39 is 10.8 Å². The Morgan fingerprint density at radius 2 is 2.25 bits per heavy atom. The maximum absolute atomic E-state index is 11.3. The average Bonchev–Trinajstić information content (AvgIpc) is 1.96. The molecule has 0 saturated carbocycles. The van der Waals surface area contributed by atoms with Crippen molar-refractivity contribution in [2.75, 3.05) is 25.4 Å². The smallest absolute Gasteiger partial charge is 0.0447 e. The average molecular weight is 189 g/mol. The van der Waals surface area contributed by atoms with Crippen molar-refractivity contribution >= 4 is 10.8 Å². The zero-order chi connectivity index (χ0) is 9.14. The highest BCUT2D eigenvalue weighted by Crippen LogP contribution is 2.09. The maximum Gasteiger partial charge on any atom is 0.0447 e. The van der Waals surface area contributed by atoms with Crippen LogP contribution >= 0.6 is 0 Å². The number of hydrogen-bond donors (Lipinski definition) is 0. The molecule has 1 aliphatic heterocycles. The molecule has 1 rings (SSSR count). The van der Waals surface area contributed by atoms with Crippen LogP contribution in [-0.2, 0) is 10.8 Å². The summed E-state index contributed by atoms with van der Waals surface area (Å²) in [7, 11) is -0.562. The third kappa shape index (κ3) is 2.87. The Morgan fingerprint density at radius 3 is 2.75 bits per heavy atom. The van der Waals surface area contributed by atoms with Crippen molar-refractivity contribution in [1.82, 2.24) is 4.90 Å². The van der Waals surface area contributed by atoms with Gasteiger partial charge in [0.25, 0.3) is 0 Å². The molecule has 1 aliphatic rings. The molecule has 0 bridgehead atoms. The second kappa shape index (κ2) is 4.38. The predicted molar refractivity (Wildman–Crippen MR) is 53.7 cm³/mol. The second-order valence-corrected chi connectivity index (χ2v) is 6.02. The Labute approximate surface area is 77.8 Å². The minimum atomic E-state index is -0.562. The zero-order valence-corrected chi connectivity index (χ0v) is 9.06. The quantitative estimate of drug-likeness (QED) is 0.648. The number of nitrogens with zero attached hydrogens (tertiary/aromatic N) is 1. The zero-order valence-electron chi connectivity index (χ0n) is 8.25. The lowest BCUT2D eigenvalue weighted by Crippen LogP contribution is -2.44. The lowest BCUT2D eigenvalue weighted by atomic mass is 10.2.